The first-order valence-electron chi connectivity index (χ1n) is 9.82. The summed E-state index contributed by atoms with van der Waals surface area (Å²) in [5.74, 6) is 1.93. The van der Waals surface area contributed by atoms with Crippen molar-refractivity contribution in [3.05, 3.63) is 89.0 Å². The molecule has 5 heteroatoms. The summed E-state index contributed by atoms with van der Waals surface area (Å²) in [5, 5.41) is 0. The quantitative estimate of drug-likeness (QED) is 0.455. The second-order valence-corrected chi connectivity index (χ2v) is 7.27. The van der Waals surface area contributed by atoms with E-state index in [0.717, 1.165) is 22.3 Å². The summed E-state index contributed by atoms with van der Waals surface area (Å²) in [4.78, 5) is 26.1. The molecule has 0 bridgehead atoms. The third-order valence-corrected chi connectivity index (χ3v) is 5.50. The molecular weight excluding hydrogens is 390 g/mol. The molecule has 1 amide bonds. The SMILES string of the molecule is C#Cc1cc(C(=O)OC)cc(N(C)C(=O)OCC2c3ccccc3-c3ccccc32)c1. The number of anilines is 1. The average molecular weight is 411 g/mol. The molecule has 0 fully saturated rings. The number of carbonyl (C=O) groups is 2. The summed E-state index contributed by atoms with van der Waals surface area (Å²) in [7, 11) is 2.87. The molecule has 0 aliphatic heterocycles. The summed E-state index contributed by atoms with van der Waals surface area (Å²) in [6, 6.07) is 21.0. The summed E-state index contributed by atoms with van der Waals surface area (Å²) >= 11 is 0. The third kappa shape index (κ3) is 3.76. The number of esters is 1. The van der Waals surface area contributed by atoms with Crippen molar-refractivity contribution in [3.63, 3.8) is 0 Å². The monoisotopic (exact) mass is 411 g/mol. The lowest BCUT2D eigenvalue weighted by molar-refractivity contribution is 0.0600. The van der Waals surface area contributed by atoms with Gasteiger partial charge in [0.05, 0.1) is 12.7 Å². The van der Waals surface area contributed by atoms with Crippen molar-refractivity contribution in [1.29, 1.82) is 0 Å². The highest BCUT2D eigenvalue weighted by molar-refractivity contribution is 5.94. The highest BCUT2D eigenvalue weighted by atomic mass is 16.6. The molecule has 5 nitrogen and oxygen atoms in total. The van der Waals surface area contributed by atoms with Gasteiger partial charge in [-0.1, -0.05) is 54.5 Å². The Morgan fingerprint density at radius 2 is 1.61 bits per heavy atom. The van der Waals surface area contributed by atoms with Crippen LogP contribution in [0.5, 0.6) is 0 Å². The highest BCUT2D eigenvalue weighted by Crippen LogP contribution is 2.44. The Kier molecular flexibility index (Phi) is 5.46. The number of nitrogens with zero attached hydrogens (tertiary/aromatic N) is 1. The Balaban J connectivity index is 1.55. The Labute approximate surface area is 181 Å². The minimum absolute atomic E-state index is 0.0348. The van der Waals surface area contributed by atoms with Gasteiger partial charge in [0.1, 0.15) is 6.61 Å². The first kappa shape index (κ1) is 20.2. The number of hydrogen-bond donors (Lipinski definition) is 0. The van der Waals surface area contributed by atoms with Crippen LogP contribution in [-0.2, 0) is 9.47 Å². The third-order valence-electron chi connectivity index (χ3n) is 5.50. The standard InChI is InChI=1S/C26H21NO4/c1-4-17-13-18(25(28)30-3)15-19(14-17)27(2)26(29)31-16-24-22-11-7-5-9-20(22)21-10-6-8-12-23(21)24/h1,5-15,24H,16H2,2-3H3. The maximum absolute atomic E-state index is 12.8. The molecule has 0 heterocycles. The van der Waals surface area contributed by atoms with Gasteiger partial charge >= 0.3 is 12.1 Å². The van der Waals surface area contributed by atoms with Crippen LogP contribution in [0.15, 0.2) is 66.7 Å². The van der Waals surface area contributed by atoms with Crippen molar-refractivity contribution >= 4 is 17.7 Å². The normalized spacial score (nSPS) is 11.8. The zero-order valence-corrected chi connectivity index (χ0v) is 17.3. The van der Waals surface area contributed by atoms with E-state index in [1.807, 2.05) is 24.3 Å². The van der Waals surface area contributed by atoms with E-state index in [4.69, 9.17) is 15.9 Å². The molecule has 0 saturated heterocycles. The lowest BCUT2D eigenvalue weighted by Gasteiger charge is -2.20. The summed E-state index contributed by atoms with van der Waals surface area (Å²) in [6.45, 7) is 0.204. The number of ether oxygens (including phenoxy) is 2. The maximum atomic E-state index is 12.8. The average Bonchev–Trinajstić information content (AvgIpc) is 3.14. The Morgan fingerprint density at radius 1 is 1.00 bits per heavy atom. The highest BCUT2D eigenvalue weighted by Gasteiger charge is 2.29. The molecule has 1 aliphatic rings. The molecule has 3 aromatic rings. The van der Waals surface area contributed by atoms with E-state index < -0.39 is 12.1 Å². The summed E-state index contributed by atoms with van der Waals surface area (Å²) < 4.78 is 10.4. The second-order valence-electron chi connectivity index (χ2n) is 7.27. The lowest BCUT2D eigenvalue weighted by Crippen LogP contribution is -2.28. The molecule has 3 aromatic carbocycles. The van der Waals surface area contributed by atoms with Gasteiger partial charge in [0.2, 0.25) is 0 Å². The van der Waals surface area contributed by atoms with Crippen LogP contribution in [0.3, 0.4) is 0 Å². The van der Waals surface area contributed by atoms with Crippen LogP contribution in [-0.4, -0.2) is 32.8 Å². The van der Waals surface area contributed by atoms with Crippen LogP contribution in [0.4, 0.5) is 10.5 Å². The molecule has 0 atom stereocenters. The number of terminal acetylenes is 1. The minimum Gasteiger partial charge on any atom is -0.465 e. The summed E-state index contributed by atoms with van der Waals surface area (Å²) in [6.07, 6.45) is 4.97. The van der Waals surface area contributed by atoms with E-state index in [1.54, 1.807) is 25.2 Å². The van der Waals surface area contributed by atoms with Gasteiger partial charge in [0.15, 0.2) is 0 Å². The van der Waals surface area contributed by atoms with Crippen LogP contribution >= 0.6 is 0 Å². The van der Waals surface area contributed by atoms with Crippen LogP contribution in [0.25, 0.3) is 11.1 Å². The molecule has 0 unspecified atom stereocenters. The van der Waals surface area contributed by atoms with Crippen LogP contribution in [0.1, 0.15) is 33.0 Å². The fraction of sp³-hybridized carbons (Fsp3) is 0.154. The van der Waals surface area contributed by atoms with E-state index in [1.165, 1.54) is 12.0 Å². The van der Waals surface area contributed by atoms with Gasteiger partial charge < -0.3 is 9.47 Å². The first-order chi connectivity index (χ1) is 15.0. The minimum atomic E-state index is -0.535. The van der Waals surface area contributed by atoms with Crippen molar-refractivity contribution in [3.8, 4) is 23.5 Å². The number of carbonyl (C=O) groups excluding carboxylic acids is 2. The second kappa shape index (κ2) is 8.37. The van der Waals surface area contributed by atoms with E-state index in [-0.39, 0.29) is 18.1 Å². The number of fused-ring (bicyclic) bond motifs is 3. The molecule has 0 saturated carbocycles. The fourth-order valence-corrected chi connectivity index (χ4v) is 3.92. The number of rotatable bonds is 4. The first-order valence-corrected chi connectivity index (χ1v) is 9.82. The van der Waals surface area contributed by atoms with E-state index >= 15 is 0 Å². The van der Waals surface area contributed by atoms with Crippen molar-refractivity contribution in [2.75, 3.05) is 25.7 Å². The molecule has 4 rings (SSSR count). The van der Waals surface area contributed by atoms with Crippen LogP contribution in [0, 0.1) is 12.3 Å². The maximum Gasteiger partial charge on any atom is 0.414 e. The van der Waals surface area contributed by atoms with Gasteiger partial charge in [-0.3, -0.25) is 4.90 Å². The van der Waals surface area contributed by atoms with Crippen molar-refractivity contribution in [1.82, 2.24) is 0 Å². The van der Waals surface area contributed by atoms with Crippen LogP contribution < -0.4 is 4.90 Å². The van der Waals surface area contributed by atoms with Crippen molar-refractivity contribution in [2.24, 2.45) is 0 Å². The zero-order chi connectivity index (χ0) is 22.0. The van der Waals surface area contributed by atoms with Crippen molar-refractivity contribution < 1.29 is 19.1 Å². The predicted molar refractivity (Wildman–Crippen MR) is 119 cm³/mol. The van der Waals surface area contributed by atoms with Crippen LogP contribution in [0.2, 0.25) is 0 Å². The Bertz CT molecular complexity index is 1160. The fourth-order valence-electron chi connectivity index (χ4n) is 3.92. The number of amides is 1. The zero-order valence-electron chi connectivity index (χ0n) is 17.3. The molecule has 31 heavy (non-hydrogen) atoms. The van der Waals surface area contributed by atoms with E-state index in [2.05, 4.69) is 30.2 Å². The molecule has 154 valence electrons. The van der Waals surface area contributed by atoms with Crippen molar-refractivity contribution in [2.45, 2.75) is 5.92 Å². The molecular formula is C26H21NO4. The topological polar surface area (TPSA) is 55.8 Å². The molecule has 0 N–H and O–H groups in total. The van der Waals surface area contributed by atoms with E-state index in [9.17, 15) is 9.59 Å². The molecule has 0 radical (unpaired) electrons. The van der Waals surface area contributed by atoms with Gasteiger partial charge in [-0.05, 0) is 40.5 Å². The predicted octanol–water partition coefficient (Wildman–Crippen LogP) is 4.84. The van der Waals surface area contributed by atoms with Gasteiger partial charge in [-0.2, -0.15) is 0 Å². The van der Waals surface area contributed by atoms with Gasteiger partial charge in [0.25, 0.3) is 0 Å². The Hall–Kier alpha value is -4.04. The molecule has 1 aliphatic carbocycles. The number of methoxy groups -OCH3 is 1. The van der Waals surface area contributed by atoms with Gasteiger partial charge in [0, 0.05) is 24.2 Å². The summed E-state index contributed by atoms with van der Waals surface area (Å²) in [5.41, 5.74) is 5.80. The molecule has 0 spiro atoms. The van der Waals surface area contributed by atoms with Gasteiger partial charge in [-0.25, -0.2) is 9.59 Å². The smallest absolute Gasteiger partial charge is 0.414 e. The molecule has 0 aromatic heterocycles. The number of hydrogen-bond acceptors (Lipinski definition) is 4. The van der Waals surface area contributed by atoms with E-state index in [0.29, 0.717) is 11.3 Å². The largest absolute Gasteiger partial charge is 0.465 e. The lowest BCUT2D eigenvalue weighted by atomic mass is 9.98. The Morgan fingerprint density at radius 3 is 2.19 bits per heavy atom. The van der Waals surface area contributed by atoms with Gasteiger partial charge in [-0.15, -0.1) is 6.42 Å². The number of benzene rings is 3.